The Hall–Kier alpha value is -1.79. The van der Waals surface area contributed by atoms with Gasteiger partial charge in [-0.3, -0.25) is 4.79 Å². The van der Waals surface area contributed by atoms with Crippen LogP contribution in [0, 0.1) is 0 Å². The highest BCUT2D eigenvalue weighted by Crippen LogP contribution is 2.43. The van der Waals surface area contributed by atoms with Crippen LogP contribution in [0.25, 0.3) is 0 Å². The van der Waals surface area contributed by atoms with Crippen LogP contribution in [0.2, 0.25) is 0 Å². The molecule has 0 heterocycles. The van der Waals surface area contributed by atoms with E-state index in [4.69, 9.17) is 4.74 Å². The molecule has 2 atom stereocenters. The van der Waals surface area contributed by atoms with Gasteiger partial charge >= 0.3 is 5.51 Å². The van der Waals surface area contributed by atoms with E-state index in [1.807, 2.05) is 24.3 Å². The third kappa shape index (κ3) is 3.20. The van der Waals surface area contributed by atoms with E-state index in [-0.39, 0.29) is 34.1 Å². The molecule has 0 saturated carbocycles. The van der Waals surface area contributed by atoms with E-state index in [0.29, 0.717) is 12.0 Å². The van der Waals surface area contributed by atoms with Gasteiger partial charge in [0, 0.05) is 16.9 Å². The predicted octanol–water partition coefficient (Wildman–Crippen LogP) is 5.11. The summed E-state index contributed by atoms with van der Waals surface area (Å²) >= 11 is -0.233. The predicted molar refractivity (Wildman–Crippen MR) is 88.8 cm³/mol. The third-order valence-electron chi connectivity index (χ3n) is 4.69. The van der Waals surface area contributed by atoms with Crippen LogP contribution in [-0.4, -0.2) is 17.4 Å². The molecule has 2 aromatic carbocycles. The first-order valence-corrected chi connectivity index (χ1v) is 8.89. The van der Waals surface area contributed by atoms with Crippen LogP contribution >= 0.6 is 11.8 Å². The van der Waals surface area contributed by atoms with Gasteiger partial charge in [0.2, 0.25) is 0 Å². The monoisotopic (exact) mass is 364 g/mol. The summed E-state index contributed by atoms with van der Waals surface area (Å²) in [4.78, 5) is 12.7. The van der Waals surface area contributed by atoms with Gasteiger partial charge in [-0.2, -0.15) is 13.2 Å². The van der Waals surface area contributed by atoms with Crippen molar-refractivity contribution in [2.45, 2.75) is 41.9 Å². The normalized spacial score (nSPS) is 22.1. The molecule has 2 unspecified atom stereocenters. The van der Waals surface area contributed by atoms with E-state index in [0.717, 1.165) is 18.4 Å². The number of hydrogen-bond donors (Lipinski definition) is 0. The molecule has 2 nitrogen and oxygen atoms in total. The lowest BCUT2D eigenvalue weighted by Crippen LogP contribution is -2.22. The first kappa shape index (κ1) is 16.7. The molecule has 0 fully saturated rings. The maximum Gasteiger partial charge on any atom is 0.446 e. The first-order chi connectivity index (χ1) is 11.9. The largest absolute Gasteiger partial charge is 0.446 e. The highest BCUT2D eigenvalue weighted by atomic mass is 32.2. The number of hydrogen-bond acceptors (Lipinski definition) is 3. The number of halogens is 3. The van der Waals surface area contributed by atoms with Crippen molar-refractivity contribution in [3.8, 4) is 0 Å². The molecule has 25 heavy (non-hydrogen) atoms. The molecule has 0 spiro atoms. The van der Waals surface area contributed by atoms with Crippen LogP contribution in [-0.2, 0) is 17.6 Å². The Bertz CT molecular complexity index is 832. The van der Waals surface area contributed by atoms with E-state index >= 15 is 0 Å². The standard InChI is InChI=1S/C19H15F3O2S/c20-19(21,22)25-16-7-3-5-12-10-15(18(23)17(12)16)24-14-9-8-11-4-1-2-6-13(11)14/h1-7,14-15H,8-10H2. The van der Waals surface area contributed by atoms with Gasteiger partial charge in [0.25, 0.3) is 0 Å². The molecule has 0 aliphatic heterocycles. The number of benzene rings is 2. The van der Waals surface area contributed by atoms with Crippen molar-refractivity contribution < 1.29 is 22.7 Å². The van der Waals surface area contributed by atoms with Crippen LogP contribution in [0.5, 0.6) is 0 Å². The zero-order chi connectivity index (χ0) is 17.6. The molecule has 130 valence electrons. The van der Waals surface area contributed by atoms with Gasteiger partial charge in [0.15, 0.2) is 5.78 Å². The van der Waals surface area contributed by atoms with Gasteiger partial charge in [-0.1, -0.05) is 36.4 Å². The summed E-state index contributed by atoms with van der Waals surface area (Å²) in [5.41, 5.74) is -1.32. The Morgan fingerprint density at radius 1 is 1.00 bits per heavy atom. The fraction of sp³-hybridized carbons (Fsp3) is 0.316. The Morgan fingerprint density at radius 3 is 2.56 bits per heavy atom. The molecular weight excluding hydrogens is 349 g/mol. The number of ether oxygens (including phenoxy) is 1. The number of alkyl halides is 3. The van der Waals surface area contributed by atoms with E-state index in [1.54, 1.807) is 12.1 Å². The lowest BCUT2D eigenvalue weighted by Gasteiger charge is -2.18. The number of aryl methyl sites for hydroxylation is 1. The molecule has 0 bridgehead atoms. The second-order valence-electron chi connectivity index (χ2n) is 6.26. The van der Waals surface area contributed by atoms with Crippen molar-refractivity contribution >= 4 is 17.5 Å². The van der Waals surface area contributed by atoms with Gasteiger partial charge < -0.3 is 4.74 Å². The SMILES string of the molecule is O=C1c2c(cccc2SC(F)(F)F)CC1OC1CCc2ccccc21. The topological polar surface area (TPSA) is 26.3 Å². The molecule has 0 aromatic heterocycles. The van der Waals surface area contributed by atoms with E-state index in [9.17, 15) is 18.0 Å². The third-order valence-corrected chi connectivity index (χ3v) is 5.48. The summed E-state index contributed by atoms with van der Waals surface area (Å²) in [6.45, 7) is 0. The zero-order valence-corrected chi connectivity index (χ0v) is 14.0. The molecule has 0 N–H and O–H groups in total. The van der Waals surface area contributed by atoms with Crippen molar-refractivity contribution in [1.29, 1.82) is 0 Å². The summed E-state index contributed by atoms with van der Waals surface area (Å²) < 4.78 is 44.3. The average molecular weight is 364 g/mol. The number of Topliss-reactive ketones (excluding diaryl/α,β-unsaturated/α-hetero) is 1. The number of carbonyl (C=O) groups is 1. The molecule has 6 heteroatoms. The molecule has 0 radical (unpaired) electrons. The lowest BCUT2D eigenvalue weighted by atomic mass is 10.1. The van der Waals surface area contributed by atoms with Crippen molar-refractivity contribution in [2.75, 3.05) is 0 Å². The molecular formula is C19H15F3O2S. The fourth-order valence-electron chi connectivity index (χ4n) is 3.66. The molecule has 2 aliphatic rings. The van der Waals surface area contributed by atoms with E-state index in [2.05, 4.69) is 0 Å². The van der Waals surface area contributed by atoms with Gasteiger partial charge in [0.1, 0.15) is 6.10 Å². The van der Waals surface area contributed by atoms with Crippen LogP contribution in [0.15, 0.2) is 47.4 Å². The fourth-order valence-corrected chi connectivity index (χ4v) is 4.39. The maximum atomic E-state index is 12.7. The van der Waals surface area contributed by atoms with Crippen molar-refractivity contribution in [1.82, 2.24) is 0 Å². The van der Waals surface area contributed by atoms with Gasteiger partial charge in [0.05, 0.1) is 6.10 Å². The van der Waals surface area contributed by atoms with E-state index in [1.165, 1.54) is 11.6 Å². The Labute approximate surface area is 147 Å². The number of thioether (sulfide) groups is 1. The molecule has 4 rings (SSSR count). The second kappa shape index (κ2) is 6.18. The number of carbonyl (C=O) groups excluding carboxylic acids is 1. The Balaban J connectivity index is 1.57. The Kier molecular flexibility index (Phi) is 4.12. The smallest absolute Gasteiger partial charge is 0.362 e. The van der Waals surface area contributed by atoms with Gasteiger partial charge in [-0.05, 0) is 47.4 Å². The molecule has 0 amide bonds. The van der Waals surface area contributed by atoms with Crippen LogP contribution < -0.4 is 0 Å². The quantitative estimate of drug-likeness (QED) is 0.708. The summed E-state index contributed by atoms with van der Waals surface area (Å²) in [5, 5.41) is 0. The molecule has 2 aliphatic carbocycles. The number of fused-ring (bicyclic) bond motifs is 2. The van der Waals surface area contributed by atoms with Crippen molar-refractivity contribution in [3.63, 3.8) is 0 Å². The van der Waals surface area contributed by atoms with Gasteiger partial charge in [-0.25, -0.2) is 0 Å². The summed E-state index contributed by atoms with van der Waals surface area (Å²) in [6.07, 6.45) is 1.14. The minimum absolute atomic E-state index is 0.0343. The van der Waals surface area contributed by atoms with Crippen molar-refractivity contribution in [2.24, 2.45) is 0 Å². The minimum Gasteiger partial charge on any atom is -0.362 e. The van der Waals surface area contributed by atoms with Gasteiger partial charge in [-0.15, -0.1) is 0 Å². The highest BCUT2D eigenvalue weighted by Gasteiger charge is 2.39. The van der Waals surface area contributed by atoms with Crippen LogP contribution in [0.1, 0.15) is 39.6 Å². The summed E-state index contributed by atoms with van der Waals surface area (Å²) in [5.74, 6) is -0.341. The molecule has 0 saturated heterocycles. The highest BCUT2D eigenvalue weighted by molar-refractivity contribution is 8.00. The first-order valence-electron chi connectivity index (χ1n) is 8.07. The van der Waals surface area contributed by atoms with Crippen LogP contribution in [0.3, 0.4) is 0 Å². The van der Waals surface area contributed by atoms with Crippen molar-refractivity contribution in [3.05, 3.63) is 64.7 Å². The number of rotatable bonds is 3. The average Bonchev–Trinajstić information content (AvgIpc) is 3.09. The number of ketones is 1. The lowest BCUT2D eigenvalue weighted by molar-refractivity contribution is -0.0328. The Morgan fingerprint density at radius 2 is 1.76 bits per heavy atom. The second-order valence-corrected chi connectivity index (χ2v) is 7.36. The van der Waals surface area contributed by atoms with E-state index < -0.39 is 11.6 Å². The maximum absolute atomic E-state index is 12.7. The molecule has 2 aromatic rings. The summed E-state index contributed by atoms with van der Waals surface area (Å²) in [7, 11) is 0. The summed E-state index contributed by atoms with van der Waals surface area (Å²) in [6, 6.07) is 12.6. The minimum atomic E-state index is -4.42. The van der Waals surface area contributed by atoms with Crippen LogP contribution in [0.4, 0.5) is 13.2 Å². The zero-order valence-electron chi connectivity index (χ0n) is 13.2.